The first-order chi connectivity index (χ1) is 9.86. The van der Waals surface area contributed by atoms with Crippen LogP contribution in [0.1, 0.15) is 25.3 Å². The van der Waals surface area contributed by atoms with Crippen molar-refractivity contribution >= 4 is 27.3 Å². The molecule has 0 aromatic heterocycles. The summed E-state index contributed by atoms with van der Waals surface area (Å²) in [7, 11) is -3.67. The molecule has 1 unspecified atom stereocenters. The maximum absolute atomic E-state index is 12.8. The molecule has 5 nitrogen and oxygen atoms in total. The summed E-state index contributed by atoms with van der Waals surface area (Å²) in [5, 5.41) is 0.201. The van der Waals surface area contributed by atoms with Gasteiger partial charge in [0.05, 0.1) is 11.1 Å². The summed E-state index contributed by atoms with van der Waals surface area (Å²) in [5.74, 6) is 0. The molecule has 1 aromatic rings. The van der Waals surface area contributed by atoms with E-state index < -0.39 is 10.0 Å². The molecule has 7 heteroatoms. The predicted octanol–water partition coefficient (Wildman–Crippen LogP) is 2.42. The molecule has 0 radical (unpaired) electrons. The van der Waals surface area contributed by atoms with Crippen LogP contribution in [0.15, 0.2) is 17.0 Å². The number of hydrogen-bond donors (Lipinski definition) is 1. The van der Waals surface area contributed by atoms with Crippen LogP contribution in [0, 0.1) is 6.92 Å². The number of hydrogen-bond acceptors (Lipinski definition) is 4. The first-order valence-electron chi connectivity index (χ1n) is 7.03. The number of sulfonamides is 1. The van der Waals surface area contributed by atoms with E-state index in [1.165, 1.54) is 10.4 Å². The topological polar surface area (TPSA) is 72.6 Å². The standard InChI is InChI=1S/C14H21ClN2O3S/c1-3-17(9-11-5-4-6-20-11)21(18,19)14-8-13(16)10(2)7-12(14)15/h7-8,11H,3-6,9,16H2,1-2H3. The van der Waals surface area contributed by atoms with E-state index in [0.717, 1.165) is 18.4 Å². The van der Waals surface area contributed by atoms with Gasteiger partial charge in [-0.25, -0.2) is 8.42 Å². The minimum absolute atomic E-state index is 0.0405. The summed E-state index contributed by atoms with van der Waals surface area (Å²) < 4.78 is 32.5. The molecule has 1 aromatic carbocycles. The number of anilines is 1. The molecule has 0 amide bonds. The van der Waals surface area contributed by atoms with Crippen LogP contribution in [0.4, 0.5) is 5.69 Å². The van der Waals surface area contributed by atoms with Crippen molar-refractivity contribution in [2.24, 2.45) is 0 Å². The van der Waals surface area contributed by atoms with E-state index in [1.54, 1.807) is 19.9 Å². The molecule has 1 fully saturated rings. The van der Waals surface area contributed by atoms with Crippen molar-refractivity contribution < 1.29 is 13.2 Å². The highest BCUT2D eigenvalue weighted by Crippen LogP contribution is 2.29. The number of nitrogens with two attached hydrogens (primary N) is 1. The smallest absolute Gasteiger partial charge is 0.244 e. The number of aryl methyl sites for hydroxylation is 1. The molecule has 2 N–H and O–H groups in total. The van der Waals surface area contributed by atoms with Crippen molar-refractivity contribution in [3.8, 4) is 0 Å². The maximum atomic E-state index is 12.8. The lowest BCUT2D eigenvalue weighted by molar-refractivity contribution is 0.0947. The first-order valence-corrected chi connectivity index (χ1v) is 8.85. The fourth-order valence-electron chi connectivity index (χ4n) is 2.42. The molecule has 21 heavy (non-hydrogen) atoms. The Kier molecular flexibility index (Phi) is 5.14. The van der Waals surface area contributed by atoms with Crippen LogP contribution < -0.4 is 5.73 Å². The van der Waals surface area contributed by atoms with Crippen molar-refractivity contribution in [3.05, 3.63) is 22.7 Å². The van der Waals surface area contributed by atoms with Gasteiger partial charge in [-0.1, -0.05) is 18.5 Å². The lowest BCUT2D eigenvalue weighted by atomic mass is 10.2. The minimum atomic E-state index is -3.67. The highest BCUT2D eigenvalue weighted by Gasteiger charge is 2.29. The van der Waals surface area contributed by atoms with Gasteiger partial charge in [0.1, 0.15) is 4.90 Å². The second-order valence-corrected chi connectivity index (χ2v) is 7.54. The third-order valence-electron chi connectivity index (χ3n) is 3.72. The molecule has 118 valence electrons. The largest absolute Gasteiger partial charge is 0.398 e. The van der Waals surface area contributed by atoms with Gasteiger partial charge in [0.2, 0.25) is 10.0 Å². The van der Waals surface area contributed by atoms with E-state index >= 15 is 0 Å². The van der Waals surface area contributed by atoms with Crippen LogP contribution in [0.25, 0.3) is 0 Å². The Morgan fingerprint density at radius 1 is 1.48 bits per heavy atom. The third kappa shape index (κ3) is 3.51. The number of benzene rings is 1. The quantitative estimate of drug-likeness (QED) is 0.840. The van der Waals surface area contributed by atoms with Crippen LogP contribution >= 0.6 is 11.6 Å². The normalized spacial score (nSPS) is 19.3. The van der Waals surface area contributed by atoms with E-state index in [9.17, 15) is 8.42 Å². The first kappa shape index (κ1) is 16.5. The van der Waals surface area contributed by atoms with Gasteiger partial charge in [0.25, 0.3) is 0 Å². The van der Waals surface area contributed by atoms with Crippen molar-refractivity contribution in [2.75, 3.05) is 25.4 Å². The summed E-state index contributed by atoms with van der Waals surface area (Å²) in [6, 6.07) is 3.02. The third-order valence-corrected chi connectivity index (χ3v) is 6.13. The van der Waals surface area contributed by atoms with Gasteiger partial charge < -0.3 is 10.5 Å². The van der Waals surface area contributed by atoms with Crippen LogP contribution in [0.3, 0.4) is 0 Å². The van der Waals surface area contributed by atoms with Gasteiger partial charge in [-0.05, 0) is 37.5 Å². The molecule has 2 rings (SSSR count). The second kappa shape index (κ2) is 6.52. The monoisotopic (exact) mass is 332 g/mol. The lowest BCUT2D eigenvalue weighted by Crippen LogP contribution is -2.37. The molecule has 1 aliphatic rings. The lowest BCUT2D eigenvalue weighted by Gasteiger charge is -2.24. The number of likely N-dealkylation sites (N-methyl/N-ethyl adjacent to an activating group) is 1. The Balaban J connectivity index is 2.32. The molecule has 0 bridgehead atoms. The van der Waals surface area contributed by atoms with Gasteiger partial charge in [-0.15, -0.1) is 0 Å². The van der Waals surface area contributed by atoms with E-state index in [2.05, 4.69) is 0 Å². The second-order valence-electron chi connectivity index (χ2n) is 5.23. The molecular weight excluding hydrogens is 312 g/mol. The van der Waals surface area contributed by atoms with Crippen molar-refractivity contribution in [1.29, 1.82) is 0 Å². The number of nitrogens with zero attached hydrogens (tertiary/aromatic N) is 1. The highest BCUT2D eigenvalue weighted by molar-refractivity contribution is 7.89. The summed E-state index contributed by atoms with van der Waals surface area (Å²) in [4.78, 5) is 0.0621. The number of nitrogen functional groups attached to an aromatic ring is 1. The summed E-state index contributed by atoms with van der Waals surface area (Å²) in [6.07, 6.45) is 1.82. The van der Waals surface area contributed by atoms with Crippen LogP contribution in [-0.4, -0.2) is 38.5 Å². The average Bonchev–Trinajstić information content (AvgIpc) is 2.92. The molecule has 1 heterocycles. The van der Waals surface area contributed by atoms with Crippen molar-refractivity contribution in [3.63, 3.8) is 0 Å². The highest BCUT2D eigenvalue weighted by atomic mass is 35.5. The van der Waals surface area contributed by atoms with Crippen molar-refractivity contribution in [1.82, 2.24) is 4.31 Å². The zero-order valence-corrected chi connectivity index (χ0v) is 13.9. The van der Waals surface area contributed by atoms with Gasteiger partial charge in [-0.2, -0.15) is 4.31 Å². The van der Waals surface area contributed by atoms with Crippen LogP contribution in [0.5, 0.6) is 0 Å². The van der Waals surface area contributed by atoms with Crippen molar-refractivity contribution in [2.45, 2.75) is 37.7 Å². The molecule has 0 aliphatic carbocycles. The molecule has 1 aliphatic heterocycles. The fraction of sp³-hybridized carbons (Fsp3) is 0.571. The van der Waals surface area contributed by atoms with Gasteiger partial charge >= 0.3 is 0 Å². The molecular formula is C14H21ClN2O3S. The molecule has 0 spiro atoms. The molecule has 1 saturated heterocycles. The van der Waals surface area contributed by atoms with E-state index in [1.807, 2.05) is 0 Å². The SMILES string of the molecule is CCN(CC1CCCO1)S(=O)(=O)c1cc(N)c(C)cc1Cl. The predicted molar refractivity (Wildman–Crippen MR) is 84.0 cm³/mol. The zero-order valence-electron chi connectivity index (χ0n) is 12.3. The van der Waals surface area contributed by atoms with E-state index in [4.69, 9.17) is 22.1 Å². The van der Waals surface area contributed by atoms with E-state index in [-0.39, 0.29) is 16.0 Å². The Hall–Kier alpha value is -0.820. The summed E-state index contributed by atoms with van der Waals surface area (Å²) in [6.45, 7) is 5.01. The van der Waals surface area contributed by atoms with Gasteiger partial charge in [0, 0.05) is 25.4 Å². The van der Waals surface area contributed by atoms with E-state index in [0.29, 0.717) is 25.4 Å². The minimum Gasteiger partial charge on any atom is -0.398 e. The maximum Gasteiger partial charge on any atom is 0.244 e. The Morgan fingerprint density at radius 3 is 2.76 bits per heavy atom. The number of halogens is 1. The Labute approximate surface area is 131 Å². The zero-order chi connectivity index (χ0) is 15.6. The average molecular weight is 333 g/mol. The molecule has 0 saturated carbocycles. The molecule has 1 atom stereocenters. The van der Waals surface area contributed by atoms with Crippen LogP contribution in [-0.2, 0) is 14.8 Å². The summed E-state index contributed by atoms with van der Waals surface area (Å²) >= 11 is 6.11. The fourth-order valence-corrected chi connectivity index (χ4v) is 4.49. The van der Waals surface area contributed by atoms with Crippen LogP contribution in [0.2, 0.25) is 5.02 Å². The Bertz CT molecular complexity index is 613. The van der Waals surface area contributed by atoms with Gasteiger partial charge in [0.15, 0.2) is 0 Å². The Morgan fingerprint density at radius 2 is 2.19 bits per heavy atom. The number of ether oxygens (including phenoxy) is 1. The summed E-state index contributed by atoms with van der Waals surface area (Å²) in [5.41, 5.74) is 7.01. The van der Waals surface area contributed by atoms with Gasteiger partial charge in [-0.3, -0.25) is 0 Å². The number of rotatable bonds is 5.